The molecule has 4 bridgehead atoms. The topological polar surface area (TPSA) is 38.3 Å². The molecule has 6 rings (SSSR count). The molecule has 5 aliphatic rings. The summed E-state index contributed by atoms with van der Waals surface area (Å²) in [5.41, 5.74) is 1.06. The molecule has 1 N–H and O–H groups in total. The van der Waals surface area contributed by atoms with Crippen molar-refractivity contribution >= 4 is 17.5 Å². The van der Waals surface area contributed by atoms with Gasteiger partial charge in [0.25, 0.3) is 0 Å². The Kier molecular flexibility index (Phi) is 3.61. The zero-order valence-electron chi connectivity index (χ0n) is 14.6. The molecule has 3 atom stereocenters. The lowest BCUT2D eigenvalue weighted by Crippen LogP contribution is -2.58. The first-order valence-corrected chi connectivity index (χ1v) is 10.1. The number of nitrogens with one attached hydrogen (secondary N) is 1. The first-order valence-electron chi connectivity index (χ1n) is 9.72. The molecular weight excluding hydrogens is 334 g/mol. The Morgan fingerprint density at radius 3 is 2.72 bits per heavy atom. The van der Waals surface area contributed by atoms with Crippen LogP contribution in [0.1, 0.15) is 44.1 Å². The normalized spacial score (nSPS) is 41.1. The van der Waals surface area contributed by atoms with Gasteiger partial charge < -0.3 is 10.1 Å². The SMILES string of the molecule is O=C(NCC1COc2ccccc2C1)C12CC3CC(CC(Cl)(C3)C1)C2. The van der Waals surface area contributed by atoms with Gasteiger partial charge in [0.1, 0.15) is 5.75 Å². The van der Waals surface area contributed by atoms with Gasteiger partial charge in [0.15, 0.2) is 0 Å². The van der Waals surface area contributed by atoms with E-state index in [0.717, 1.165) is 44.3 Å². The number of carbonyl (C=O) groups is 1. The maximum Gasteiger partial charge on any atom is 0.226 e. The number of fused-ring (bicyclic) bond motifs is 1. The predicted octanol–water partition coefficient (Wildman–Crippen LogP) is 3.93. The van der Waals surface area contributed by atoms with Crippen LogP contribution in [-0.4, -0.2) is 23.9 Å². The summed E-state index contributed by atoms with van der Waals surface area (Å²) < 4.78 is 5.86. The smallest absolute Gasteiger partial charge is 0.226 e. The maximum atomic E-state index is 13.1. The Labute approximate surface area is 154 Å². The number of amides is 1. The first kappa shape index (κ1) is 16.0. The minimum atomic E-state index is -0.195. The van der Waals surface area contributed by atoms with Gasteiger partial charge in [-0.3, -0.25) is 4.79 Å². The van der Waals surface area contributed by atoms with Crippen molar-refractivity contribution in [1.82, 2.24) is 5.32 Å². The van der Waals surface area contributed by atoms with Gasteiger partial charge in [-0.25, -0.2) is 0 Å². The van der Waals surface area contributed by atoms with Crippen LogP contribution in [0.5, 0.6) is 5.75 Å². The third-order valence-electron chi connectivity index (χ3n) is 6.98. The van der Waals surface area contributed by atoms with Gasteiger partial charge in [-0.1, -0.05) is 18.2 Å². The zero-order chi connectivity index (χ0) is 17.1. The van der Waals surface area contributed by atoms with Crippen LogP contribution >= 0.6 is 11.6 Å². The van der Waals surface area contributed by atoms with Gasteiger partial charge in [0.2, 0.25) is 5.91 Å². The van der Waals surface area contributed by atoms with Crippen LogP contribution in [0.3, 0.4) is 0 Å². The summed E-state index contributed by atoms with van der Waals surface area (Å²) in [5.74, 6) is 2.93. The molecule has 0 aromatic heterocycles. The highest BCUT2D eigenvalue weighted by Crippen LogP contribution is 2.63. The number of alkyl halides is 1. The molecule has 0 radical (unpaired) electrons. The fourth-order valence-corrected chi connectivity index (χ4v) is 7.06. The highest BCUT2D eigenvalue weighted by molar-refractivity contribution is 6.24. The molecular formula is C21H26ClNO2. The summed E-state index contributed by atoms with van der Waals surface area (Å²) in [6.07, 6.45) is 7.48. The number of hydrogen-bond acceptors (Lipinski definition) is 2. The summed E-state index contributed by atoms with van der Waals surface area (Å²) in [4.78, 5) is 13.0. The number of hydrogen-bond donors (Lipinski definition) is 1. The fraction of sp³-hybridized carbons (Fsp3) is 0.667. The van der Waals surface area contributed by atoms with E-state index in [1.165, 1.54) is 12.0 Å². The third-order valence-corrected chi connectivity index (χ3v) is 7.42. The van der Waals surface area contributed by atoms with Crippen LogP contribution in [0.25, 0.3) is 0 Å². The molecule has 1 aromatic rings. The van der Waals surface area contributed by atoms with Crippen LogP contribution in [0.2, 0.25) is 0 Å². The lowest BCUT2D eigenvalue weighted by atomic mass is 9.49. The van der Waals surface area contributed by atoms with Gasteiger partial charge in [0, 0.05) is 17.3 Å². The zero-order valence-corrected chi connectivity index (χ0v) is 15.4. The number of carbonyl (C=O) groups excluding carboxylic acids is 1. The van der Waals surface area contributed by atoms with E-state index in [9.17, 15) is 4.79 Å². The van der Waals surface area contributed by atoms with Crippen molar-refractivity contribution in [2.45, 2.75) is 49.8 Å². The number of ether oxygens (including phenoxy) is 1. The molecule has 4 saturated carbocycles. The highest BCUT2D eigenvalue weighted by Gasteiger charge is 2.60. The third kappa shape index (κ3) is 2.75. The van der Waals surface area contributed by atoms with E-state index < -0.39 is 0 Å². The summed E-state index contributed by atoms with van der Waals surface area (Å²) in [6.45, 7) is 1.40. The van der Waals surface area contributed by atoms with E-state index in [1.807, 2.05) is 12.1 Å². The molecule has 4 heteroatoms. The maximum absolute atomic E-state index is 13.1. The second kappa shape index (κ2) is 5.64. The Hall–Kier alpha value is -1.22. The van der Waals surface area contributed by atoms with Crippen LogP contribution in [-0.2, 0) is 11.2 Å². The van der Waals surface area contributed by atoms with E-state index in [-0.39, 0.29) is 16.2 Å². The number of halogens is 1. The van der Waals surface area contributed by atoms with Gasteiger partial charge in [0.05, 0.1) is 12.0 Å². The van der Waals surface area contributed by atoms with Crippen LogP contribution < -0.4 is 10.1 Å². The number of para-hydroxylation sites is 1. The van der Waals surface area contributed by atoms with Gasteiger partial charge in [-0.2, -0.15) is 0 Å². The lowest BCUT2D eigenvalue weighted by molar-refractivity contribution is -0.144. The van der Waals surface area contributed by atoms with E-state index in [0.29, 0.717) is 30.9 Å². The Morgan fingerprint density at radius 1 is 1.20 bits per heavy atom. The largest absolute Gasteiger partial charge is 0.493 e. The molecule has 3 nitrogen and oxygen atoms in total. The molecule has 0 saturated heterocycles. The van der Waals surface area contributed by atoms with Crippen molar-refractivity contribution in [3.8, 4) is 5.75 Å². The minimum absolute atomic E-state index is 0.103. The summed E-state index contributed by atoms with van der Waals surface area (Å²) in [7, 11) is 0. The molecule has 3 unspecified atom stereocenters. The molecule has 1 aromatic carbocycles. The lowest BCUT2D eigenvalue weighted by Gasteiger charge is -2.59. The van der Waals surface area contributed by atoms with E-state index in [1.54, 1.807) is 0 Å². The van der Waals surface area contributed by atoms with Crippen molar-refractivity contribution in [2.24, 2.45) is 23.2 Å². The standard InChI is InChI=1S/C21H26ClNO2/c22-21-9-14-5-15(10-21)8-20(7-14,13-21)19(24)23-11-16-6-17-3-1-2-4-18(17)25-12-16/h1-4,14-16H,5-13H2,(H,23,24). The van der Waals surface area contributed by atoms with Gasteiger partial charge >= 0.3 is 0 Å². The molecule has 1 aliphatic heterocycles. The molecule has 4 fully saturated rings. The van der Waals surface area contributed by atoms with Crippen LogP contribution in [0.15, 0.2) is 24.3 Å². The molecule has 1 heterocycles. The Morgan fingerprint density at radius 2 is 1.96 bits per heavy atom. The fourth-order valence-electron chi connectivity index (χ4n) is 6.36. The van der Waals surface area contributed by atoms with Crippen molar-refractivity contribution in [1.29, 1.82) is 0 Å². The van der Waals surface area contributed by atoms with Crippen LogP contribution in [0.4, 0.5) is 0 Å². The van der Waals surface area contributed by atoms with Crippen LogP contribution in [0, 0.1) is 23.2 Å². The molecule has 0 spiro atoms. The number of benzene rings is 1. The van der Waals surface area contributed by atoms with Crippen molar-refractivity contribution in [3.63, 3.8) is 0 Å². The average Bonchev–Trinajstić information content (AvgIpc) is 2.57. The van der Waals surface area contributed by atoms with Crippen molar-refractivity contribution in [3.05, 3.63) is 29.8 Å². The average molecular weight is 360 g/mol. The van der Waals surface area contributed by atoms with Crippen molar-refractivity contribution < 1.29 is 9.53 Å². The molecule has 1 amide bonds. The quantitative estimate of drug-likeness (QED) is 0.830. The van der Waals surface area contributed by atoms with E-state index >= 15 is 0 Å². The monoisotopic (exact) mass is 359 g/mol. The Bertz CT molecular complexity index is 689. The second-order valence-corrected chi connectivity index (χ2v) is 9.89. The van der Waals surface area contributed by atoms with Gasteiger partial charge in [-0.15, -0.1) is 11.6 Å². The second-order valence-electron chi connectivity index (χ2n) is 9.09. The molecule has 4 aliphatic carbocycles. The molecule has 134 valence electrons. The Balaban J connectivity index is 1.24. The van der Waals surface area contributed by atoms with E-state index in [2.05, 4.69) is 17.4 Å². The van der Waals surface area contributed by atoms with Gasteiger partial charge in [-0.05, 0) is 68.4 Å². The molecule has 25 heavy (non-hydrogen) atoms. The number of rotatable bonds is 3. The first-order chi connectivity index (χ1) is 12.0. The van der Waals surface area contributed by atoms with E-state index in [4.69, 9.17) is 16.3 Å². The van der Waals surface area contributed by atoms with Crippen molar-refractivity contribution in [2.75, 3.05) is 13.2 Å². The minimum Gasteiger partial charge on any atom is -0.493 e. The summed E-state index contributed by atoms with van der Waals surface area (Å²) >= 11 is 6.87. The summed E-state index contributed by atoms with van der Waals surface area (Å²) in [6, 6.07) is 8.22. The predicted molar refractivity (Wildman–Crippen MR) is 97.8 cm³/mol. The highest BCUT2D eigenvalue weighted by atomic mass is 35.5. The summed E-state index contributed by atoms with van der Waals surface area (Å²) in [5, 5.41) is 3.28.